The molecule has 0 amide bonds. The van der Waals surface area contributed by atoms with Crippen LogP contribution in [0.3, 0.4) is 0 Å². The molecule has 4 aromatic rings. The number of benzene rings is 3. The monoisotopic (exact) mass is 480 g/mol. The molecule has 0 spiro atoms. The smallest absolute Gasteiger partial charge is 0.308 e. The van der Waals surface area contributed by atoms with E-state index in [9.17, 15) is 13.2 Å². The molecule has 1 N–H and O–H groups in total. The Morgan fingerprint density at radius 1 is 1.09 bits per heavy atom. The van der Waals surface area contributed by atoms with Gasteiger partial charge in [-0.05, 0) is 66.3 Å². The Balaban J connectivity index is 1.44. The highest BCUT2D eigenvalue weighted by atomic mass is 32.2. The Bertz CT molecular complexity index is 1470. The number of ether oxygens (including phenoxy) is 1. The highest BCUT2D eigenvalue weighted by molar-refractivity contribution is 7.89. The molecule has 170 valence electrons. The number of nitrogens with zero attached hydrogens (tertiary/aromatic N) is 1. The number of methoxy groups -OCH3 is 1. The first kappa shape index (κ1) is 21.9. The van der Waals surface area contributed by atoms with Gasteiger partial charge in [0.15, 0.2) is 0 Å². The van der Waals surface area contributed by atoms with Crippen molar-refractivity contribution in [3.8, 4) is 5.75 Å². The maximum Gasteiger partial charge on any atom is 0.308 e. The average molecular weight is 481 g/mol. The van der Waals surface area contributed by atoms with Crippen molar-refractivity contribution in [1.29, 1.82) is 0 Å². The molecule has 0 saturated carbocycles. The predicted molar refractivity (Wildman–Crippen MR) is 131 cm³/mol. The second-order valence-electron chi connectivity index (χ2n) is 8.20. The van der Waals surface area contributed by atoms with Gasteiger partial charge in [-0.3, -0.25) is 9.36 Å². The van der Waals surface area contributed by atoms with E-state index in [4.69, 9.17) is 4.74 Å². The van der Waals surface area contributed by atoms with Gasteiger partial charge in [-0.1, -0.05) is 47.7 Å². The zero-order chi connectivity index (χ0) is 23.0. The van der Waals surface area contributed by atoms with Crippen molar-refractivity contribution in [3.05, 3.63) is 93.1 Å². The third kappa shape index (κ3) is 4.34. The maximum atomic E-state index is 13.2. The molecule has 33 heavy (non-hydrogen) atoms. The van der Waals surface area contributed by atoms with E-state index in [1.807, 2.05) is 48.5 Å². The summed E-state index contributed by atoms with van der Waals surface area (Å²) in [6.07, 6.45) is 2.54. The van der Waals surface area contributed by atoms with Gasteiger partial charge in [-0.15, -0.1) is 0 Å². The highest BCUT2D eigenvalue weighted by Crippen LogP contribution is 2.33. The number of aryl methyl sites for hydroxylation is 1. The largest absolute Gasteiger partial charge is 0.497 e. The van der Waals surface area contributed by atoms with Crippen LogP contribution < -0.4 is 14.3 Å². The van der Waals surface area contributed by atoms with Crippen molar-refractivity contribution in [1.82, 2.24) is 9.29 Å². The summed E-state index contributed by atoms with van der Waals surface area (Å²) in [5.41, 5.74) is 3.86. The van der Waals surface area contributed by atoms with E-state index in [1.165, 1.54) is 0 Å². The number of rotatable bonds is 6. The lowest BCUT2D eigenvalue weighted by Crippen LogP contribution is -2.31. The summed E-state index contributed by atoms with van der Waals surface area (Å²) >= 11 is 1.07. The van der Waals surface area contributed by atoms with Gasteiger partial charge in [0.2, 0.25) is 10.0 Å². The Labute approximate surface area is 196 Å². The molecule has 0 aliphatic heterocycles. The molecule has 0 fully saturated rings. The van der Waals surface area contributed by atoms with Crippen molar-refractivity contribution >= 4 is 31.6 Å². The third-order valence-corrected chi connectivity index (χ3v) is 8.51. The van der Waals surface area contributed by atoms with E-state index < -0.39 is 10.0 Å². The van der Waals surface area contributed by atoms with Crippen LogP contribution in [0.5, 0.6) is 5.75 Å². The molecule has 1 atom stereocenters. The van der Waals surface area contributed by atoms with Crippen molar-refractivity contribution in [2.75, 3.05) is 7.11 Å². The van der Waals surface area contributed by atoms with E-state index >= 15 is 0 Å². The van der Waals surface area contributed by atoms with Gasteiger partial charge in [0.1, 0.15) is 5.75 Å². The van der Waals surface area contributed by atoms with Gasteiger partial charge in [0.25, 0.3) is 0 Å². The molecule has 1 aromatic heterocycles. The molecule has 1 aliphatic rings. The molecule has 0 unspecified atom stereocenters. The molecule has 1 aliphatic carbocycles. The van der Waals surface area contributed by atoms with Crippen molar-refractivity contribution in [2.24, 2.45) is 0 Å². The second-order valence-corrected chi connectivity index (χ2v) is 10.9. The fourth-order valence-electron chi connectivity index (χ4n) is 4.42. The normalized spacial score (nSPS) is 16.0. The van der Waals surface area contributed by atoms with Gasteiger partial charge in [-0.2, -0.15) is 0 Å². The summed E-state index contributed by atoms with van der Waals surface area (Å²) in [5, 5.41) is 0. The van der Waals surface area contributed by atoms with Gasteiger partial charge in [-0.25, -0.2) is 13.1 Å². The number of nitrogens with one attached hydrogen (secondary N) is 1. The summed E-state index contributed by atoms with van der Waals surface area (Å²) in [5.74, 6) is 0.776. The zero-order valence-electron chi connectivity index (χ0n) is 18.2. The lowest BCUT2D eigenvalue weighted by molar-refractivity contribution is 0.412. The van der Waals surface area contributed by atoms with Gasteiger partial charge in [0.05, 0.1) is 28.8 Å². The van der Waals surface area contributed by atoms with Crippen LogP contribution >= 0.6 is 11.3 Å². The summed E-state index contributed by atoms with van der Waals surface area (Å²) in [7, 11) is -2.13. The van der Waals surface area contributed by atoms with Crippen LogP contribution in [0.2, 0.25) is 0 Å². The van der Waals surface area contributed by atoms with E-state index in [1.54, 1.807) is 29.9 Å². The molecular formula is C25H24N2O4S2. The summed E-state index contributed by atoms with van der Waals surface area (Å²) in [4.78, 5) is 12.7. The minimum Gasteiger partial charge on any atom is -0.497 e. The number of hydrogen-bond acceptors (Lipinski definition) is 5. The van der Waals surface area contributed by atoms with Gasteiger partial charge in [0, 0.05) is 6.04 Å². The third-order valence-electron chi connectivity index (χ3n) is 6.10. The fourth-order valence-corrected chi connectivity index (χ4v) is 6.71. The molecular weight excluding hydrogens is 456 g/mol. The minimum absolute atomic E-state index is 0.105. The van der Waals surface area contributed by atoms with Crippen LogP contribution in [0, 0.1) is 0 Å². The first-order valence-electron chi connectivity index (χ1n) is 10.8. The lowest BCUT2D eigenvalue weighted by atomic mass is 9.88. The summed E-state index contributed by atoms with van der Waals surface area (Å²) < 4.78 is 37.0. The highest BCUT2D eigenvalue weighted by Gasteiger charge is 2.26. The van der Waals surface area contributed by atoms with Gasteiger partial charge < -0.3 is 4.74 Å². The quantitative estimate of drug-likeness (QED) is 0.442. The Morgan fingerprint density at radius 2 is 1.91 bits per heavy atom. The van der Waals surface area contributed by atoms with Crippen LogP contribution in [-0.2, 0) is 23.0 Å². The average Bonchev–Trinajstić information content (AvgIpc) is 3.13. The Kier molecular flexibility index (Phi) is 5.82. The lowest BCUT2D eigenvalue weighted by Gasteiger charge is -2.26. The standard InChI is InChI=1S/C25H24N2O4S2/c1-31-19-10-12-21-18(14-19)8-5-9-22(21)26-33(29,30)20-11-13-23-24(15-20)32-25(28)27(23)16-17-6-3-2-4-7-17/h2-4,6-7,10-15,22,26H,5,8-9,16H2,1H3/t22-/m1/s1. The maximum absolute atomic E-state index is 13.2. The number of sulfonamides is 1. The van der Waals surface area contributed by atoms with Crippen molar-refractivity contribution < 1.29 is 13.2 Å². The molecule has 6 nitrogen and oxygen atoms in total. The Morgan fingerprint density at radius 3 is 2.70 bits per heavy atom. The summed E-state index contributed by atoms with van der Waals surface area (Å²) in [6.45, 7) is 0.451. The van der Waals surface area contributed by atoms with Crippen LogP contribution in [0.25, 0.3) is 10.2 Å². The fraction of sp³-hybridized carbons (Fsp3) is 0.240. The number of fused-ring (bicyclic) bond motifs is 2. The van der Waals surface area contributed by atoms with E-state index in [0.29, 0.717) is 11.2 Å². The minimum atomic E-state index is -3.76. The van der Waals surface area contributed by atoms with E-state index in [-0.39, 0.29) is 15.8 Å². The van der Waals surface area contributed by atoms with E-state index in [2.05, 4.69) is 4.72 Å². The molecule has 5 rings (SSSR count). The van der Waals surface area contributed by atoms with Gasteiger partial charge >= 0.3 is 4.87 Å². The number of hydrogen-bond donors (Lipinski definition) is 1. The summed E-state index contributed by atoms with van der Waals surface area (Å²) in [6, 6.07) is 20.1. The van der Waals surface area contributed by atoms with Crippen molar-refractivity contribution in [3.63, 3.8) is 0 Å². The SMILES string of the molecule is COc1ccc2c(c1)CCC[C@H]2NS(=O)(=O)c1ccc2c(c1)sc(=O)n2Cc1ccccc1. The first-order chi connectivity index (χ1) is 15.9. The van der Waals surface area contributed by atoms with Crippen LogP contribution in [-0.4, -0.2) is 20.1 Å². The van der Waals surface area contributed by atoms with Crippen LogP contribution in [0.15, 0.2) is 76.4 Å². The molecule has 0 saturated heterocycles. The number of aromatic nitrogens is 1. The van der Waals surface area contributed by atoms with Crippen LogP contribution in [0.1, 0.15) is 35.6 Å². The molecule has 3 aromatic carbocycles. The second kappa shape index (κ2) is 8.78. The number of thiazole rings is 1. The van der Waals surface area contributed by atoms with E-state index in [0.717, 1.165) is 58.6 Å². The molecule has 0 bridgehead atoms. The molecule has 8 heteroatoms. The molecule has 0 radical (unpaired) electrons. The Hall–Kier alpha value is -2.94. The predicted octanol–water partition coefficient (Wildman–Crippen LogP) is 4.48. The molecule has 1 heterocycles. The first-order valence-corrected chi connectivity index (χ1v) is 13.1. The topological polar surface area (TPSA) is 77.4 Å². The van der Waals surface area contributed by atoms with Crippen LogP contribution in [0.4, 0.5) is 0 Å². The van der Waals surface area contributed by atoms with Crippen molar-refractivity contribution in [2.45, 2.75) is 36.7 Å². The zero-order valence-corrected chi connectivity index (χ0v) is 19.8.